The molecule has 1 unspecified atom stereocenters. The van der Waals surface area contributed by atoms with E-state index in [2.05, 4.69) is 12.2 Å². The first-order valence-electron chi connectivity index (χ1n) is 7.52. The van der Waals surface area contributed by atoms with Crippen LogP contribution < -0.4 is 5.32 Å². The zero-order valence-corrected chi connectivity index (χ0v) is 14.3. The van der Waals surface area contributed by atoms with Crippen molar-refractivity contribution in [3.05, 3.63) is 28.8 Å². The lowest BCUT2D eigenvalue weighted by atomic mass is 9.97. The van der Waals surface area contributed by atoms with Crippen LogP contribution in [0.25, 0.3) is 0 Å². The Hall–Kier alpha value is -0.710. The summed E-state index contributed by atoms with van der Waals surface area (Å²) in [4.78, 5) is 15.8. The molecule has 0 aromatic heterocycles. The van der Waals surface area contributed by atoms with Crippen molar-refractivity contribution in [2.45, 2.75) is 24.7 Å². The third-order valence-electron chi connectivity index (χ3n) is 3.77. The van der Waals surface area contributed by atoms with Crippen molar-refractivity contribution in [2.24, 2.45) is 5.92 Å². The number of nitrogens with zero attached hydrogens (tertiary/aromatic N) is 1. The zero-order chi connectivity index (χ0) is 15.2. The van der Waals surface area contributed by atoms with Crippen LogP contribution in [-0.4, -0.2) is 43.2 Å². The maximum Gasteiger partial charge on any atom is 0.255 e. The molecule has 0 bridgehead atoms. The van der Waals surface area contributed by atoms with Crippen LogP contribution in [0.1, 0.15) is 30.1 Å². The fourth-order valence-corrected chi connectivity index (χ4v) is 3.77. The molecule has 1 atom stereocenters. The fraction of sp³-hybridized carbons (Fsp3) is 0.562. The minimum absolute atomic E-state index is 0.120. The average molecular weight is 327 g/mol. The normalized spacial score (nSPS) is 18.8. The molecule has 1 aromatic rings. The lowest BCUT2D eigenvalue weighted by molar-refractivity contribution is 0.0671. The molecule has 0 spiro atoms. The Morgan fingerprint density at radius 3 is 3.05 bits per heavy atom. The van der Waals surface area contributed by atoms with Crippen molar-refractivity contribution in [3.63, 3.8) is 0 Å². The first-order chi connectivity index (χ1) is 10.2. The summed E-state index contributed by atoms with van der Waals surface area (Å²) in [6.07, 6.45) is 2.27. The molecule has 1 N–H and O–H groups in total. The van der Waals surface area contributed by atoms with Crippen molar-refractivity contribution >= 4 is 29.3 Å². The second kappa shape index (κ2) is 8.06. The second-order valence-corrected chi connectivity index (χ2v) is 7.13. The minimum atomic E-state index is 0.120. The Labute approximate surface area is 136 Å². The van der Waals surface area contributed by atoms with Gasteiger partial charge in [0.1, 0.15) is 0 Å². The van der Waals surface area contributed by atoms with Crippen LogP contribution in [-0.2, 0) is 0 Å². The molecule has 1 aliphatic heterocycles. The molecule has 0 aliphatic carbocycles. The number of benzene rings is 1. The van der Waals surface area contributed by atoms with Gasteiger partial charge in [-0.3, -0.25) is 4.79 Å². The summed E-state index contributed by atoms with van der Waals surface area (Å²) in [6.45, 7) is 4.75. The van der Waals surface area contributed by atoms with E-state index in [1.165, 1.54) is 6.42 Å². The van der Waals surface area contributed by atoms with E-state index >= 15 is 0 Å². The van der Waals surface area contributed by atoms with Crippen molar-refractivity contribution in [1.82, 2.24) is 10.2 Å². The van der Waals surface area contributed by atoms with E-state index in [-0.39, 0.29) is 5.91 Å². The number of thioether (sulfide) groups is 1. The number of rotatable bonds is 5. The smallest absolute Gasteiger partial charge is 0.255 e. The topological polar surface area (TPSA) is 32.3 Å². The molecule has 1 fully saturated rings. The van der Waals surface area contributed by atoms with Crippen LogP contribution in [0.4, 0.5) is 0 Å². The monoisotopic (exact) mass is 326 g/mol. The molecule has 0 saturated carbocycles. The molecule has 1 heterocycles. The van der Waals surface area contributed by atoms with Gasteiger partial charge in [0, 0.05) is 23.0 Å². The van der Waals surface area contributed by atoms with Gasteiger partial charge in [0.25, 0.3) is 5.91 Å². The maximum absolute atomic E-state index is 12.8. The van der Waals surface area contributed by atoms with Gasteiger partial charge in [0.2, 0.25) is 0 Å². The van der Waals surface area contributed by atoms with E-state index in [1.54, 1.807) is 11.8 Å². The van der Waals surface area contributed by atoms with Crippen LogP contribution in [0.5, 0.6) is 0 Å². The summed E-state index contributed by atoms with van der Waals surface area (Å²) < 4.78 is 0. The van der Waals surface area contributed by atoms with E-state index in [4.69, 9.17) is 11.6 Å². The van der Waals surface area contributed by atoms with Gasteiger partial charge >= 0.3 is 0 Å². The number of amides is 1. The molecule has 0 radical (unpaired) electrons. The number of carbonyl (C=O) groups is 1. The third-order valence-corrected chi connectivity index (χ3v) is 4.96. The van der Waals surface area contributed by atoms with E-state index in [0.717, 1.165) is 42.3 Å². The summed E-state index contributed by atoms with van der Waals surface area (Å²) in [5.41, 5.74) is 0.749. The highest BCUT2D eigenvalue weighted by atomic mass is 35.5. The van der Waals surface area contributed by atoms with Crippen molar-refractivity contribution < 1.29 is 4.79 Å². The molecule has 2 rings (SSSR count). The van der Waals surface area contributed by atoms with Crippen molar-refractivity contribution in [3.8, 4) is 0 Å². The number of hydrogen-bond donors (Lipinski definition) is 1. The fourth-order valence-electron chi connectivity index (χ4n) is 2.83. The molecule has 1 saturated heterocycles. The number of likely N-dealkylation sites (tertiary alicyclic amines) is 1. The summed E-state index contributed by atoms with van der Waals surface area (Å²) in [5, 5.41) is 3.84. The number of hydrogen-bond acceptors (Lipinski definition) is 3. The highest BCUT2D eigenvalue weighted by Crippen LogP contribution is 2.28. The van der Waals surface area contributed by atoms with Gasteiger partial charge in [0.15, 0.2) is 0 Å². The lowest BCUT2D eigenvalue weighted by Gasteiger charge is -2.33. The quantitative estimate of drug-likeness (QED) is 0.840. The van der Waals surface area contributed by atoms with Gasteiger partial charge in [-0.15, -0.1) is 11.8 Å². The molecule has 5 heteroatoms. The molecular weight excluding hydrogens is 304 g/mol. The van der Waals surface area contributed by atoms with Gasteiger partial charge in [-0.1, -0.05) is 18.5 Å². The van der Waals surface area contributed by atoms with Crippen LogP contribution in [0.3, 0.4) is 0 Å². The Morgan fingerprint density at radius 1 is 1.52 bits per heavy atom. The Balaban J connectivity index is 2.16. The zero-order valence-electron chi connectivity index (χ0n) is 12.7. The van der Waals surface area contributed by atoms with Gasteiger partial charge in [-0.05, 0) is 56.3 Å². The molecule has 116 valence electrons. The minimum Gasteiger partial charge on any atom is -0.338 e. The highest BCUT2D eigenvalue weighted by Gasteiger charge is 2.25. The highest BCUT2D eigenvalue weighted by molar-refractivity contribution is 7.99. The average Bonchev–Trinajstić information content (AvgIpc) is 2.49. The van der Waals surface area contributed by atoms with Crippen LogP contribution >= 0.6 is 23.4 Å². The third kappa shape index (κ3) is 4.38. The predicted octanol–water partition coefficient (Wildman–Crippen LogP) is 3.52. The van der Waals surface area contributed by atoms with Gasteiger partial charge in [-0.25, -0.2) is 0 Å². The number of nitrogens with one attached hydrogen (secondary N) is 1. The van der Waals surface area contributed by atoms with E-state index in [9.17, 15) is 4.79 Å². The molecule has 3 nitrogen and oxygen atoms in total. The summed E-state index contributed by atoms with van der Waals surface area (Å²) >= 11 is 7.78. The summed E-state index contributed by atoms with van der Waals surface area (Å²) in [6, 6.07) is 5.62. The number of carbonyl (C=O) groups excluding carboxylic acids is 1. The van der Waals surface area contributed by atoms with Crippen molar-refractivity contribution in [2.75, 3.05) is 32.4 Å². The Kier molecular flexibility index (Phi) is 6.40. The standard InChI is InChI=1S/C16H23ClN2OS/c1-3-21-15-7-6-13(17)9-14(15)16(20)19-8-4-5-12(11-19)10-18-2/h6-7,9,12,18H,3-5,8,10-11H2,1-2H3. The van der Waals surface area contributed by atoms with Gasteiger partial charge in [0.05, 0.1) is 5.56 Å². The van der Waals surface area contributed by atoms with Gasteiger partial charge < -0.3 is 10.2 Å². The van der Waals surface area contributed by atoms with Crippen LogP contribution in [0, 0.1) is 5.92 Å². The summed E-state index contributed by atoms with van der Waals surface area (Å²) in [7, 11) is 1.97. The second-order valence-electron chi connectivity index (χ2n) is 5.39. The van der Waals surface area contributed by atoms with Crippen LogP contribution in [0.2, 0.25) is 5.02 Å². The molecule has 1 amide bonds. The lowest BCUT2D eigenvalue weighted by Crippen LogP contribution is -2.42. The Bertz CT molecular complexity index is 493. The SMILES string of the molecule is CCSc1ccc(Cl)cc1C(=O)N1CCCC(CNC)C1. The molecule has 21 heavy (non-hydrogen) atoms. The van der Waals surface area contributed by atoms with E-state index < -0.39 is 0 Å². The van der Waals surface area contributed by atoms with Gasteiger partial charge in [-0.2, -0.15) is 0 Å². The number of halogens is 1. The first kappa shape index (κ1) is 16.7. The molecular formula is C16H23ClN2OS. The van der Waals surface area contributed by atoms with E-state index in [0.29, 0.717) is 10.9 Å². The van der Waals surface area contributed by atoms with E-state index in [1.807, 2.05) is 30.1 Å². The van der Waals surface area contributed by atoms with Crippen LogP contribution in [0.15, 0.2) is 23.1 Å². The number of piperidine rings is 1. The predicted molar refractivity (Wildman–Crippen MR) is 90.4 cm³/mol. The first-order valence-corrected chi connectivity index (χ1v) is 8.88. The summed E-state index contributed by atoms with van der Waals surface area (Å²) in [5.74, 6) is 1.62. The molecule has 1 aromatic carbocycles. The molecule has 1 aliphatic rings. The largest absolute Gasteiger partial charge is 0.338 e. The maximum atomic E-state index is 12.8. The van der Waals surface area contributed by atoms with Crippen molar-refractivity contribution in [1.29, 1.82) is 0 Å². The Morgan fingerprint density at radius 2 is 2.33 bits per heavy atom.